The summed E-state index contributed by atoms with van der Waals surface area (Å²) in [7, 11) is 0. The first kappa shape index (κ1) is 11.1. The number of hydrogen-bond acceptors (Lipinski definition) is 3. The normalized spacial score (nSPS) is 19.2. The molecule has 1 unspecified atom stereocenters. The maximum absolute atomic E-state index is 11.6. The van der Waals surface area contributed by atoms with Crippen molar-refractivity contribution in [3.63, 3.8) is 0 Å². The Morgan fingerprint density at radius 1 is 1.69 bits per heavy atom. The van der Waals surface area contributed by atoms with Crippen molar-refractivity contribution >= 4 is 5.91 Å². The van der Waals surface area contributed by atoms with Gasteiger partial charge in [-0.1, -0.05) is 0 Å². The van der Waals surface area contributed by atoms with Crippen LogP contribution in [0.4, 0.5) is 0 Å². The molecule has 0 spiro atoms. The summed E-state index contributed by atoms with van der Waals surface area (Å²) in [4.78, 5) is 11.6. The minimum atomic E-state index is 0.0814. The quantitative estimate of drug-likeness (QED) is 0.699. The van der Waals surface area contributed by atoms with E-state index in [1.54, 1.807) is 0 Å². The zero-order valence-corrected chi connectivity index (χ0v) is 9.33. The number of aromatic nitrogens is 2. The first-order valence-corrected chi connectivity index (χ1v) is 5.83. The van der Waals surface area contributed by atoms with Crippen molar-refractivity contribution in [3.05, 3.63) is 17.5 Å². The maximum Gasteiger partial charge on any atom is 0.220 e. The van der Waals surface area contributed by atoms with Crippen LogP contribution in [0.5, 0.6) is 0 Å². The smallest absolute Gasteiger partial charge is 0.220 e. The molecular weight excluding hydrogens is 204 g/mol. The number of rotatable bonds is 4. The van der Waals surface area contributed by atoms with E-state index in [1.165, 1.54) is 5.56 Å². The second-order valence-electron chi connectivity index (χ2n) is 4.21. The van der Waals surface area contributed by atoms with E-state index >= 15 is 0 Å². The van der Waals surface area contributed by atoms with Crippen molar-refractivity contribution in [1.82, 2.24) is 15.5 Å². The summed E-state index contributed by atoms with van der Waals surface area (Å²) in [5, 5.41) is 10.0. The monoisotopic (exact) mass is 222 g/mol. The molecule has 1 amide bonds. The topological polar surface area (TPSA) is 83.8 Å². The number of aromatic amines is 1. The molecular formula is C11H18N4O. The molecule has 1 atom stereocenters. The molecule has 1 aliphatic carbocycles. The van der Waals surface area contributed by atoms with Gasteiger partial charge in [0.15, 0.2) is 0 Å². The van der Waals surface area contributed by atoms with Crippen molar-refractivity contribution in [2.24, 2.45) is 5.73 Å². The zero-order valence-electron chi connectivity index (χ0n) is 9.33. The molecule has 1 aromatic rings. The van der Waals surface area contributed by atoms with E-state index in [2.05, 4.69) is 15.5 Å². The molecule has 0 saturated heterocycles. The van der Waals surface area contributed by atoms with Crippen LogP contribution in [-0.2, 0) is 11.2 Å². The van der Waals surface area contributed by atoms with Gasteiger partial charge in [-0.2, -0.15) is 5.10 Å². The van der Waals surface area contributed by atoms with Crippen LogP contribution < -0.4 is 11.1 Å². The summed E-state index contributed by atoms with van der Waals surface area (Å²) in [5.74, 6) is 0.0814. The van der Waals surface area contributed by atoms with Crippen LogP contribution in [0.25, 0.3) is 0 Å². The second-order valence-corrected chi connectivity index (χ2v) is 4.21. The summed E-state index contributed by atoms with van der Waals surface area (Å²) >= 11 is 0. The molecule has 16 heavy (non-hydrogen) atoms. The largest absolute Gasteiger partial charge is 0.348 e. The number of fused-ring (bicyclic) bond motifs is 1. The Morgan fingerprint density at radius 2 is 2.56 bits per heavy atom. The van der Waals surface area contributed by atoms with Gasteiger partial charge in [0, 0.05) is 6.42 Å². The Kier molecular flexibility index (Phi) is 3.56. The van der Waals surface area contributed by atoms with Crippen molar-refractivity contribution in [2.75, 3.05) is 6.54 Å². The van der Waals surface area contributed by atoms with Gasteiger partial charge in [-0.25, -0.2) is 0 Å². The lowest BCUT2D eigenvalue weighted by Gasteiger charge is -2.22. The lowest BCUT2D eigenvalue weighted by atomic mass is 9.93. The predicted molar refractivity (Wildman–Crippen MR) is 60.7 cm³/mol. The highest BCUT2D eigenvalue weighted by molar-refractivity contribution is 5.76. The standard InChI is InChI=1S/C11H18N4O/c12-6-2-5-10(16)14-9-4-1-3-8-7-13-15-11(8)9/h7,9H,1-6,12H2,(H,13,15)(H,14,16). The van der Waals surface area contributed by atoms with Gasteiger partial charge < -0.3 is 11.1 Å². The molecule has 1 aliphatic rings. The van der Waals surface area contributed by atoms with Crippen LogP contribution in [0.2, 0.25) is 0 Å². The van der Waals surface area contributed by atoms with Gasteiger partial charge in [0.1, 0.15) is 0 Å². The Morgan fingerprint density at radius 3 is 3.38 bits per heavy atom. The van der Waals surface area contributed by atoms with E-state index in [-0.39, 0.29) is 11.9 Å². The van der Waals surface area contributed by atoms with Crippen molar-refractivity contribution < 1.29 is 4.79 Å². The number of H-pyrrole nitrogens is 1. The number of amides is 1. The third kappa shape index (κ3) is 2.41. The van der Waals surface area contributed by atoms with Crippen molar-refractivity contribution in [2.45, 2.75) is 38.1 Å². The van der Waals surface area contributed by atoms with Crippen LogP contribution in [0, 0.1) is 0 Å². The summed E-state index contributed by atoms with van der Waals surface area (Å²) in [6.07, 6.45) is 6.26. The molecule has 1 heterocycles. The number of nitrogens with two attached hydrogens (primary N) is 1. The molecule has 1 aromatic heterocycles. The fraction of sp³-hybridized carbons (Fsp3) is 0.636. The number of hydrogen-bond donors (Lipinski definition) is 3. The van der Waals surface area contributed by atoms with Crippen LogP contribution >= 0.6 is 0 Å². The molecule has 0 fully saturated rings. The van der Waals surface area contributed by atoms with Gasteiger partial charge in [0.2, 0.25) is 5.91 Å². The Balaban J connectivity index is 1.94. The number of carbonyl (C=O) groups is 1. The van der Waals surface area contributed by atoms with E-state index in [0.29, 0.717) is 13.0 Å². The molecule has 5 nitrogen and oxygen atoms in total. The lowest BCUT2D eigenvalue weighted by molar-refractivity contribution is -0.122. The highest BCUT2D eigenvalue weighted by Gasteiger charge is 2.22. The molecule has 0 aromatic carbocycles. The molecule has 0 bridgehead atoms. The van der Waals surface area contributed by atoms with Crippen LogP contribution in [0.1, 0.15) is 43.0 Å². The van der Waals surface area contributed by atoms with Crippen LogP contribution in [0.3, 0.4) is 0 Å². The van der Waals surface area contributed by atoms with Crippen LogP contribution in [-0.4, -0.2) is 22.6 Å². The van der Waals surface area contributed by atoms with Gasteiger partial charge in [-0.3, -0.25) is 9.89 Å². The highest BCUT2D eigenvalue weighted by atomic mass is 16.1. The number of nitrogens with one attached hydrogen (secondary N) is 2. The summed E-state index contributed by atoms with van der Waals surface area (Å²) < 4.78 is 0. The molecule has 88 valence electrons. The molecule has 0 radical (unpaired) electrons. The van der Waals surface area contributed by atoms with Gasteiger partial charge in [0.25, 0.3) is 0 Å². The molecule has 5 heteroatoms. The highest BCUT2D eigenvalue weighted by Crippen LogP contribution is 2.27. The zero-order chi connectivity index (χ0) is 11.4. The van der Waals surface area contributed by atoms with Crippen LogP contribution in [0.15, 0.2) is 6.20 Å². The Labute approximate surface area is 94.8 Å². The van der Waals surface area contributed by atoms with Crippen molar-refractivity contribution in [1.29, 1.82) is 0 Å². The van der Waals surface area contributed by atoms with Gasteiger partial charge in [-0.15, -0.1) is 0 Å². The predicted octanol–water partition coefficient (Wildman–Crippen LogP) is 0.642. The number of aryl methyl sites for hydroxylation is 1. The fourth-order valence-electron chi connectivity index (χ4n) is 2.14. The average Bonchev–Trinajstić information content (AvgIpc) is 2.75. The van der Waals surface area contributed by atoms with E-state index in [4.69, 9.17) is 5.73 Å². The SMILES string of the molecule is NCCCC(=O)NC1CCCc2cn[nH]c21. The van der Waals surface area contributed by atoms with E-state index < -0.39 is 0 Å². The van der Waals surface area contributed by atoms with E-state index in [0.717, 1.165) is 31.4 Å². The van der Waals surface area contributed by atoms with E-state index in [1.807, 2.05) is 6.20 Å². The van der Waals surface area contributed by atoms with E-state index in [9.17, 15) is 4.79 Å². The first-order valence-electron chi connectivity index (χ1n) is 5.83. The molecule has 0 aliphatic heterocycles. The van der Waals surface area contributed by atoms with Gasteiger partial charge in [-0.05, 0) is 37.8 Å². The summed E-state index contributed by atoms with van der Waals surface area (Å²) in [6, 6.07) is 0.108. The fourth-order valence-corrected chi connectivity index (χ4v) is 2.14. The molecule has 2 rings (SSSR count). The maximum atomic E-state index is 11.6. The lowest BCUT2D eigenvalue weighted by Crippen LogP contribution is -2.31. The average molecular weight is 222 g/mol. The summed E-state index contributed by atoms with van der Waals surface area (Å²) in [6.45, 7) is 0.563. The first-order chi connectivity index (χ1) is 7.81. The number of carbonyl (C=O) groups excluding carboxylic acids is 1. The Hall–Kier alpha value is -1.36. The molecule has 0 saturated carbocycles. The number of nitrogens with zero attached hydrogens (tertiary/aromatic N) is 1. The Bertz CT molecular complexity index is 361. The van der Waals surface area contributed by atoms with Gasteiger partial charge in [0.05, 0.1) is 17.9 Å². The minimum absolute atomic E-state index is 0.0814. The minimum Gasteiger partial charge on any atom is -0.348 e. The second kappa shape index (κ2) is 5.12. The third-order valence-corrected chi connectivity index (χ3v) is 2.98. The third-order valence-electron chi connectivity index (χ3n) is 2.98. The van der Waals surface area contributed by atoms with Gasteiger partial charge >= 0.3 is 0 Å². The van der Waals surface area contributed by atoms with Crippen molar-refractivity contribution in [3.8, 4) is 0 Å². The molecule has 4 N–H and O–H groups in total. The summed E-state index contributed by atoms with van der Waals surface area (Å²) in [5.41, 5.74) is 7.68.